The topological polar surface area (TPSA) is 109 Å². The molecule has 2 N–H and O–H groups in total. The molecular formula is C18H24ClN7O2S. The van der Waals surface area contributed by atoms with Gasteiger partial charge in [-0.05, 0) is 25.7 Å². The number of anilines is 1. The van der Waals surface area contributed by atoms with Crippen molar-refractivity contribution in [2.45, 2.75) is 19.8 Å². The Morgan fingerprint density at radius 3 is 2.90 bits per heavy atom. The van der Waals surface area contributed by atoms with Gasteiger partial charge in [-0.2, -0.15) is 5.10 Å². The molecule has 0 radical (unpaired) electrons. The van der Waals surface area contributed by atoms with Gasteiger partial charge in [0, 0.05) is 32.9 Å². The molecule has 9 nitrogen and oxygen atoms in total. The number of aryl methyl sites for hydroxylation is 2. The Morgan fingerprint density at radius 1 is 1.41 bits per heavy atom. The summed E-state index contributed by atoms with van der Waals surface area (Å²) in [6.45, 7) is 3.91. The van der Waals surface area contributed by atoms with E-state index in [9.17, 15) is 8.42 Å². The molecule has 0 saturated carbocycles. The summed E-state index contributed by atoms with van der Waals surface area (Å²) in [6.07, 6.45) is 6.65. The summed E-state index contributed by atoms with van der Waals surface area (Å²) in [5.41, 5.74) is 4.04. The van der Waals surface area contributed by atoms with E-state index < -0.39 is 10.0 Å². The van der Waals surface area contributed by atoms with Gasteiger partial charge in [-0.3, -0.25) is 4.68 Å². The SMILES string of the molecule is Cc1nn(C)cc1-c1nc2ncc(Cl)c(N3CCC[C@H](CNS(C)(=O)=O)C3)c2[nH]1. The van der Waals surface area contributed by atoms with Crippen LogP contribution in [0.2, 0.25) is 5.02 Å². The van der Waals surface area contributed by atoms with Gasteiger partial charge in [0.25, 0.3) is 0 Å². The first kappa shape index (κ1) is 20.1. The first-order valence-corrected chi connectivity index (χ1v) is 11.7. The van der Waals surface area contributed by atoms with Crippen LogP contribution in [-0.2, 0) is 17.1 Å². The first-order chi connectivity index (χ1) is 13.7. The van der Waals surface area contributed by atoms with Crippen LogP contribution < -0.4 is 9.62 Å². The molecule has 1 aliphatic heterocycles. The average molecular weight is 438 g/mol. The van der Waals surface area contributed by atoms with Crippen LogP contribution >= 0.6 is 11.6 Å². The molecular weight excluding hydrogens is 414 g/mol. The number of piperidine rings is 1. The van der Waals surface area contributed by atoms with Crippen LogP contribution in [0.15, 0.2) is 12.4 Å². The minimum absolute atomic E-state index is 0.209. The van der Waals surface area contributed by atoms with Crippen molar-refractivity contribution in [3.8, 4) is 11.4 Å². The Kier molecular flexibility index (Phi) is 5.26. The Labute approximate surface area is 174 Å². The Morgan fingerprint density at radius 2 is 2.21 bits per heavy atom. The zero-order valence-corrected chi connectivity index (χ0v) is 18.2. The molecule has 3 aromatic heterocycles. The summed E-state index contributed by atoms with van der Waals surface area (Å²) in [5.74, 6) is 0.912. The molecule has 0 amide bonds. The van der Waals surface area contributed by atoms with E-state index in [1.807, 2.05) is 20.2 Å². The van der Waals surface area contributed by atoms with Gasteiger partial charge in [0.05, 0.1) is 34.4 Å². The fourth-order valence-corrected chi connectivity index (χ4v) is 4.70. The number of nitrogens with one attached hydrogen (secondary N) is 2. The lowest BCUT2D eigenvalue weighted by Gasteiger charge is -2.35. The van der Waals surface area contributed by atoms with E-state index in [2.05, 4.69) is 29.7 Å². The second kappa shape index (κ2) is 7.58. The number of aromatic amines is 1. The molecule has 1 saturated heterocycles. The smallest absolute Gasteiger partial charge is 0.208 e. The molecule has 0 aromatic carbocycles. The van der Waals surface area contributed by atoms with Gasteiger partial charge >= 0.3 is 0 Å². The number of H-pyrrole nitrogens is 1. The van der Waals surface area contributed by atoms with Crippen LogP contribution in [0.5, 0.6) is 0 Å². The molecule has 0 bridgehead atoms. The molecule has 0 aliphatic carbocycles. The molecule has 1 aliphatic rings. The Bertz CT molecular complexity index is 1150. The highest BCUT2D eigenvalue weighted by Crippen LogP contribution is 2.36. The maximum atomic E-state index is 11.4. The molecule has 1 fully saturated rings. The van der Waals surface area contributed by atoms with Crippen molar-refractivity contribution in [3.05, 3.63) is 23.1 Å². The number of hydrogen-bond donors (Lipinski definition) is 2. The molecule has 156 valence electrons. The van der Waals surface area contributed by atoms with Crippen molar-refractivity contribution < 1.29 is 8.42 Å². The van der Waals surface area contributed by atoms with Crippen LogP contribution in [0.25, 0.3) is 22.6 Å². The van der Waals surface area contributed by atoms with E-state index in [4.69, 9.17) is 11.6 Å². The van der Waals surface area contributed by atoms with Gasteiger partial charge in [0.15, 0.2) is 5.65 Å². The van der Waals surface area contributed by atoms with Gasteiger partial charge in [-0.25, -0.2) is 23.1 Å². The van der Waals surface area contributed by atoms with Crippen LogP contribution in [-0.4, -0.2) is 59.0 Å². The molecule has 0 unspecified atom stereocenters. The molecule has 29 heavy (non-hydrogen) atoms. The summed E-state index contributed by atoms with van der Waals surface area (Å²) in [6, 6.07) is 0. The molecule has 4 heterocycles. The third-order valence-corrected chi connectivity index (χ3v) is 6.15. The van der Waals surface area contributed by atoms with Crippen molar-refractivity contribution in [1.29, 1.82) is 0 Å². The molecule has 3 aromatic rings. The van der Waals surface area contributed by atoms with Crippen LogP contribution in [0.4, 0.5) is 5.69 Å². The highest BCUT2D eigenvalue weighted by Gasteiger charge is 2.25. The average Bonchev–Trinajstić information content (AvgIpc) is 3.22. The van der Waals surface area contributed by atoms with Gasteiger partial charge < -0.3 is 9.88 Å². The largest absolute Gasteiger partial charge is 0.368 e. The second-order valence-corrected chi connectivity index (χ2v) is 9.86. The van der Waals surface area contributed by atoms with Gasteiger partial charge in [0.1, 0.15) is 11.3 Å². The first-order valence-electron chi connectivity index (χ1n) is 9.45. The number of pyridine rings is 1. The lowest BCUT2D eigenvalue weighted by molar-refractivity contribution is 0.412. The highest BCUT2D eigenvalue weighted by atomic mass is 35.5. The molecule has 1 atom stereocenters. The Hall–Kier alpha value is -2.17. The summed E-state index contributed by atoms with van der Waals surface area (Å²) >= 11 is 6.54. The summed E-state index contributed by atoms with van der Waals surface area (Å²) in [4.78, 5) is 14.6. The van der Waals surface area contributed by atoms with Crippen molar-refractivity contribution in [2.24, 2.45) is 13.0 Å². The van der Waals surface area contributed by atoms with E-state index in [-0.39, 0.29) is 5.92 Å². The number of halogens is 1. The number of imidazole rings is 1. The van der Waals surface area contributed by atoms with E-state index in [1.54, 1.807) is 10.9 Å². The monoisotopic (exact) mass is 437 g/mol. The predicted molar refractivity (Wildman–Crippen MR) is 114 cm³/mol. The molecule has 4 rings (SSSR count). The van der Waals surface area contributed by atoms with Gasteiger partial charge in [0.2, 0.25) is 10.0 Å². The predicted octanol–water partition coefficient (Wildman–Crippen LogP) is 2.09. The van der Waals surface area contributed by atoms with Crippen LogP contribution in [0.3, 0.4) is 0 Å². The number of fused-ring (bicyclic) bond motifs is 1. The number of sulfonamides is 1. The molecule has 0 spiro atoms. The number of hydrogen-bond acceptors (Lipinski definition) is 6. The van der Waals surface area contributed by atoms with E-state index >= 15 is 0 Å². The maximum Gasteiger partial charge on any atom is 0.208 e. The zero-order chi connectivity index (χ0) is 20.8. The van der Waals surface area contributed by atoms with Crippen LogP contribution in [0.1, 0.15) is 18.5 Å². The van der Waals surface area contributed by atoms with Crippen LogP contribution in [0, 0.1) is 12.8 Å². The van der Waals surface area contributed by atoms with Crippen molar-refractivity contribution in [1.82, 2.24) is 29.5 Å². The maximum absolute atomic E-state index is 11.4. The zero-order valence-electron chi connectivity index (χ0n) is 16.6. The fraction of sp³-hybridized carbons (Fsp3) is 0.500. The van der Waals surface area contributed by atoms with E-state index in [0.717, 1.165) is 41.8 Å². The number of aromatic nitrogens is 5. The summed E-state index contributed by atoms with van der Waals surface area (Å²) in [7, 11) is -1.33. The molecule has 11 heteroatoms. The number of nitrogens with zero attached hydrogens (tertiary/aromatic N) is 5. The Balaban J connectivity index is 1.67. The second-order valence-electron chi connectivity index (χ2n) is 7.62. The fourth-order valence-electron chi connectivity index (χ4n) is 3.89. The standard InChI is InChI=1S/C18H24ClN7O2S/c1-11-13(10-25(2)24-11)17-22-15-16(14(19)8-20-18(15)23-17)26-6-4-5-12(9-26)7-21-29(3,27)28/h8,10,12,21H,4-7,9H2,1-3H3,(H,20,22,23)/t12-/m1/s1. The van der Waals surface area contributed by atoms with Gasteiger partial charge in [-0.1, -0.05) is 11.6 Å². The lowest BCUT2D eigenvalue weighted by atomic mass is 9.98. The minimum Gasteiger partial charge on any atom is -0.368 e. The van der Waals surface area contributed by atoms with E-state index in [0.29, 0.717) is 29.6 Å². The highest BCUT2D eigenvalue weighted by molar-refractivity contribution is 7.88. The minimum atomic E-state index is -3.21. The van der Waals surface area contributed by atoms with E-state index in [1.165, 1.54) is 6.26 Å². The summed E-state index contributed by atoms with van der Waals surface area (Å²) < 4.78 is 27.3. The number of rotatable bonds is 5. The van der Waals surface area contributed by atoms with Gasteiger partial charge in [-0.15, -0.1) is 0 Å². The third-order valence-electron chi connectivity index (χ3n) is 5.19. The van der Waals surface area contributed by atoms with Crippen molar-refractivity contribution >= 4 is 38.5 Å². The van der Waals surface area contributed by atoms with Crippen molar-refractivity contribution in [3.63, 3.8) is 0 Å². The quantitative estimate of drug-likeness (QED) is 0.632. The third kappa shape index (κ3) is 4.24. The van der Waals surface area contributed by atoms with Crippen molar-refractivity contribution in [2.75, 3.05) is 30.8 Å². The summed E-state index contributed by atoms with van der Waals surface area (Å²) in [5, 5.41) is 4.93. The lowest BCUT2D eigenvalue weighted by Crippen LogP contribution is -2.41. The normalized spacial score (nSPS) is 17.9.